The molecule has 0 aromatic carbocycles. The van der Waals surface area contributed by atoms with Gasteiger partial charge in [0.1, 0.15) is 0 Å². The Kier molecular flexibility index (Phi) is 6.75. The van der Waals surface area contributed by atoms with Gasteiger partial charge in [-0.15, -0.1) is 0 Å². The Balaban J connectivity index is 1.53. The van der Waals surface area contributed by atoms with Crippen LogP contribution in [0, 0.1) is 17.8 Å². The van der Waals surface area contributed by atoms with Crippen molar-refractivity contribution >= 4 is 5.91 Å². The fourth-order valence-electron chi connectivity index (χ4n) is 5.51. The highest BCUT2D eigenvalue weighted by Gasteiger charge is 2.49. The zero-order valence-corrected chi connectivity index (χ0v) is 16.8. The minimum atomic E-state index is -4.26. The van der Waals surface area contributed by atoms with Crippen LogP contribution in [0.1, 0.15) is 71.1 Å². The van der Waals surface area contributed by atoms with Crippen molar-refractivity contribution < 1.29 is 18.0 Å². The van der Waals surface area contributed by atoms with Crippen LogP contribution in [0.5, 0.6) is 0 Å². The molecule has 1 amide bonds. The average molecular weight is 389 g/mol. The first-order valence-corrected chi connectivity index (χ1v) is 10.8. The van der Waals surface area contributed by atoms with Gasteiger partial charge in [-0.05, 0) is 57.3 Å². The van der Waals surface area contributed by atoms with E-state index in [1.807, 2.05) is 0 Å². The maximum atomic E-state index is 13.4. The van der Waals surface area contributed by atoms with E-state index in [2.05, 4.69) is 11.8 Å². The Morgan fingerprint density at radius 1 is 0.926 bits per heavy atom. The van der Waals surface area contributed by atoms with Gasteiger partial charge in [0.15, 0.2) is 0 Å². The summed E-state index contributed by atoms with van der Waals surface area (Å²) in [6, 6.07) is 0.753. The van der Waals surface area contributed by atoms with Crippen molar-refractivity contribution in [3.8, 4) is 0 Å². The standard InChI is InChI=1S/C21H35F3N2O/c1-15-7-9-17(10-8-15)26-13-11-16(12-14-26)25(2)20(27)18-5-3-4-6-19(18)21(22,23)24/h15-19H,3-14H2,1-2H3/t15?,17?,18-,19+/m1/s1. The van der Waals surface area contributed by atoms with Crippen LogP contribution in [-0.2, 0) is 4.79 Å². The average Bonchev–Trinajstić information content (AvgIpc) is 2.67. The van der Waals surface area contributed by atoms with Gasteiger partial charge in [0.25, 0.3) is 0 Å². The third kappa shape index (κ3) is 4.99. The summed E-state index contributed by atoms with van der Waals surface area (Å²) in [5.74, 6) is -1.77. The number of piperidine rings is 1. The van der Waals surface area contributed by atoms with Crippen LogP contribution >= 0.6 is 0 Å². The van der Waals surface area contributed by atoms with Crippen LogP contribution in [0.3, 0.4) is 0 Å². The van der Waals surface area contributed by atoms with Crippen LogP contribution in [-0.4, -0.2) is 54.1 Å². The van der Waals surface area contributed by atoms with Gasteiger partial charge >= 0.3 is 6.18 Å². The molecule has 1 saturated heterocycles. The molecule has 2 saturated carbocycles. The Bertz CT molecular complexity index is 494. The van der Waals surface area contributed by atoms with E-state index in [-0.39, 0.29) is 18.4 Å². The first-order chi connectivity index (χ1) is 12.8. The first kappa shape index (κ1) is 20.9. The van der Waals surface area contributed by atoms with Gasteiger partial charge in [-0.2, -0.15) is 13.2 Å². The Labute approximate surface area is 161 Å². The first-order valence-electron chi connectivity index (χ1n) is 10.8. The van der Waals surface area contributed by atoms with Gasteiger partial charge in [0.2, 0.25) is 5.91 Å². The molecule has 3 rings (SSSR count). The monoisotopic (exact) mass is 388 g/mol. The zero-order valence-electron chi connectivity index (χ0n) is 16.8. The van der Waals surface area contributed by atoms with Crippen molar-refractivity contribution in [2.24, 2.45) is 17.8 Å². The number of halogens is 3. The second kappa shape index (κ2) is 8.71. The topological polar surface area (TPSA) is 23.6 Å². The van der Waals surface area contributed by atoms with E-state index in [9.17, 15) is 18.0 Å². The molecule has 0 unspecified atom stereocenters. The molecular weight excluding hydrogens is 353 g/mol. The molecule has 3 nitrogen and oxygen atoms in total. The maximum Gasteiger partial charge on any atom is 0.392 e. The van der Waals surface area contributed by atoms with Crippen LogP contribution in [0.15, 0.2) is 0 Å². The van der Waals surface area contributed by atoms with Gasteiger partial charge in [-0.1, -0.05) is 19.8 Å². The molecule has 0 N–H and O–H groups in total. The number of alkyl halides is 3. The number of hydrogen-bond acceptors (Lipinski definition) is 2. The molecule has 2 atom stereocenters. The van der Waals surface area contributed by atoms with Crippen LogP contribution in [0.25, 0.3) is 0 Å². The minimum absolute atomic E-state index is 0.0899. The quantitative estimate of drug-likeness (QED) is 0.690. The summed E-state index contributed by atoms with van der Waals surface area (Å²) in [6.45, 7) is 4.26. The molecular formula is C21H35F3N2O. The van der Waals surface area contributed by atoms with E-state index in [1.165, 1.54) is 25.7 Å². The van der Waals surface area contributed by atoms with E-state index in [4.69, 9.17) is 0 Å². The van der Waals surface area contributed by atoms with Crippen molar-refractivity contribution in [3.05, 3.63) is 0 Å². The minimum Gasteiger partial charge on any atom is -0.342 e. The molecule has 1 heterocycles. The molecule has 0 spiro atoms. The van der Waals surface area contributed by atoms with E-state index in [1.54, 1.807) is 11.9 Å². The second-order valence-electron chi connectivity index (χ2n) is 9.17. The highest BCUT2D eigenvalue weighted by atomic mass is 19.4. The smallest absolute Gasteiger partial charge is 0.342 e. The lowest BCUT2D eigenvalue weighted by Gasteiger charge is -2.43. The number of nitrogens with zero attached hydrogens (tertiary/aromatic N) is 2. The van der Waals surface area contributed by atoms with Crippen molar-refractivity contribution in [2.45, 2.75) is 89.4 Å². The number of carbonyl (C=O) groups is 1. The molecule has 156 valence electrons. The number of carbonyl (C=O) groups excluding carboxylic acids is 1. The van der Waals surface area contributed by atoms with Crippen molar-refractivity contribution in [1.82, 2.24) is 9.80 Å². The Morgan fingerprint density at radius 3 is 2.11 bits per heavy atom. The molecule has 0 radical (unpaired) electrons. The lowest BCUT2D eigenvalue weighted by Crippen LogP contribution is -2.52. The highest BCUT2D eigenvalue weighted by molar-refractivity contribution is 5.79. The van der Waals surface area contributed by atoms with Crippen molar-refractivity contribution in [3.63, 3.8) is 0 Å². The summed E-state index contributed by atoms with van der Waals surface area (Å²) in [5, 5.41) is 0. The lowest BCUT2D eigenvalue weighted by atomic mass is 9.77. The van der Waals surface area contributed by atoms with E-state index < -0.39 is 18.0 Å². The zero-order chi connectivity index (χ0) is 19.6. The Hall–Kier alpha value is -0.780. The summed E-state index contributed by atoms with van der Waals surface area (Å²) in [5.41, 5.74) is 0. The molecule has 0 bridgehead atoms. The fourth-order valence-corrected chi connectivity index (χ4v) is 5.51. The SMILES string of the molecule is CC1CCC(N2CCC(N(C)C(=O)[C@@H]3CCCC[C@@H]3C(F)(F)F)CC2)CC1. The van der Waals surface area contributed by atoms with Crippen molar-refractivity contribution in [1.29, 1.82) is 0 Å². The number of rotatable bonds is 3. The number of likely N-dealkylation sites (tertiary alicyclic amines) is 1. The summed E-state index contributed by atoms with van der Waals surface area (Å²) >= 11 is 0. The molecule has 2 aliphatic carbocycles. The molecule has 0 aromatic rings. The van der Waals surface area contributed by atoms with Gasteiger partial charge in [-0.25, -0.2) is 0 Å². The van der Waals surface area contributed by atoms with Crippen molar-refractivity contribution in [2.75, 3.05) is 20.1 Å². The summed E-state index contributed by atoms with van der Waals surface area (Å²) in [4.78, 5) is 17.1. The predicted octanol–water partition coefficient (Wildman–Crippen LogP) is 4.86. The largest absolute Gasteiger partial charge is 0.392 e. The molecule has 6 heteroatoms. The van der Waals surface area contributed by atoms with Gasteiger partial charge in [0, 0.05) is 38.1 Å². The highest BCUT2D eigenvalue weighted by Crippen LogP contribution is 2.42. The summed E-state index contributed by atoms with van der Waals surface area (Å²) < 4.78 is 40.1. The molecule has 0 aromatic heterocycles. The predicted molar refractivity (Wildman–Crippen MR) is 100 cm³/mol. The van der Waals surface area contributed by atoms with E-state index in [0.29, 0.717) is 18.9 Å². The third-order valence-electron chi connectivity index (χ3n) is 7.40. The Morgan fingerprint density at radius 2 is 1.52 bits per heavy atom. The third-order valence-corrected chi connectivity index (χ3v) is 7.40. The maximum absolute atomic E-state index is 13.4. The number of amides is 1. The van der Waals surface area contributed by atoms with Gasteiger partial charge in [0.05, 0.1) is 5.92 Å². The lowest BCUT2D eigenvalue weighted by molar-refractivity contribution is -0.201. The van der Waals surface area contributed by atoms with Crippen LogP contribution in [0.4, 0.5) is 13.2 Å². The summed E-state index contributed by atoms with van der Waals surface area (Å²) in [6.07, 6.45) is 4.42. The van der Waals surface area contributed by atoms with Crippen LogP contribution in [0.2, 0.25) is 0 Å². The summed E-state index contributed by atoms with van der Waals surface area (Å²) in [7, 11) is 1.73. The molecule has 1 aliphatic heterocycles. The molecule has 3 fully saturated rings. The van der Waals surface area contributed by atoms with Crippen LogP contribution < -0.4 is 0 Å². The normalized spacial score (nSPS) is 34.4. The number of hydrogen-bond donors (Lipinski definition) is 0. The van der Waals surface area contributed by atoms with Gasteiger partial charge in [-0.3, -0.25) is 4.79 Å². The molecule has 3 aliphatic rings. The fraction of sp³-hybridized carbons (Fsp3) is 0.952. The molecule has 27 heavy (non-hydrogen) atoms. The second-order valence-corrected chi connectivity index (χ2v) is 9.17. The van der Waals surface area contributed by atoms with E-state index in [0.717, 1.165) is 38.3 Å². The van der Waals surface area contributed by atoms with E-state index >= 15 is 0 Å². The van der Waals surface area contributed by atoms with Gasteiger partial charge < -0.3 is 9.80 Å².